The molecule has 2 N–H and O–H groups in total. The van der Waals surface area contributed by atoms with Gasteiger partial charge in [0.05, 0.1) is 11.1 Å². The van der Waals surface area contributed by atoms with Gasteiger partial charge >= 0.3 is 11.9 Å². The SMILES string of the molecule is Cc1cc(C)c(CSc2ncccc2C(=O)O)c(C)c1CSc1ncccc1C(=O)O. The molecular formula is C23H22N2O4S2. The summed E-state index contributed by atoms with van der Waals surface area (Å²) in [4.78, 5) is 31.4. The van der Waals surface area contributed by atoms with E-state index in [4.69, 9.17) is 0 Å². The third-order valence-corrected chi connectivity index (χ3v) is 7.06. The fourth-order valence-corrected chi connectivity index (χ4v) is 5.68. The lowest BCUT2D eigenvalue weighted by molar-refractivity contribution is 0.0681. The maximum absolute atomic E-state index is 11.5. The zero-order chi connectivity index (χ0) is 22.5. The zero-order valence-electron chi connectivity index (χ0n) is 17.4. The normalized spacial score (nSPS) is 10.8. The number of thioether (sulfide) groups is 2. The lowest BCUT2D eigenvalue weighted by atomic mass is 9.95. The van der Waals surface area contributed by atoms with E-state index in [0.29, 0.717) is 21.6 Å². The molecule has 1 aromatic carbocycles. The summed E-state index contributed by atoms with van der Waals surface area (Å²) >= 11 is 2.81. The molecule has 0 spiro atoms. The van der Waals surface area contributed by atoms with E-state index in [9.17, 15) is 19.8 Å². The van der Waals surface area contributed by atoms with Crippen molar-refractivity contribution >= 4 is 35.5 Å². The number of carboxylic acid groups (broad SMARTS) is 2. The van der Waals surface area contributed by atoms with Crippen molar-refractivity contribution < 1.29 is 19.8 Å². The molecule has 0 saturated carbocycles. The molecule has 6 nitrogen and oxygen atoms in total. The minimum atomic E-state index is -0.991. The van der Waals surface area contributed by atoms with Crippen LogP contribution < -0.4 is 0 Å². The van der Waals surface area contributed by atoms with Crippen molar-refractivity contribution in [2.75, 3.05) is 0 Å². The Labute approximate surface area is 189 Å². The second-order valence-electron chi connectivity index (χ2n) is 6.99. The van der Waals surface area contributed by atoms with Crippen molar-refractivity contribution in [3.63, 3.8) is 0 Å². The Bertz CT molecular complexity index is 1060. The molecular weight excluding hydrogens is 432 g/mol. The van der Waals surface area contributed by atoms with E-state index < -0.39 is 11.9 Å². The number of aromatic nitrogens is 2. The van der Waals surface area contributed by atoms with Gasteiger partial charge in [0.25, 0.3) is 0 Å². The Hall–Kier alpha value is -2.84. The average molecular weight is 455 g/mol. The minimum absolute atomic E-state index is 0.196. The third kappa shape index (κ3) is 5.26. The predicted octanol–water partition coefficient (Wildman–Crippen LogP) is 5.38. The van der Waals surface area contributed by atoms with Crippen LogP contribution in [0.25, 0.3) is 0 Å². The number of carboxylic acids is 2. The Morgan fingerprint density at radius 2 is 1.23 bits per heavy atom. The van der Waals surface area contributed by atoms with Crippen molar-refractivity contribution in [2.24, 2.45) is 0 Å². The molecule has 0 radical (unpaired) electrons. The molecule has 3 rings (SSSR count). The molecule has 0 fully saturated rings. The maximum atomic E-state index is 11.5. The highest BCUT2D eigenvalue weighted by molar-refractivity contribution is 7.98. The lowest BCUT2D eigenvalue weighted by Crippen LogP contribution is -2.04. The van der Waals surface area contributed by atoms with E-state index in [1.165, 1.54) is 23.5 Å². The standard InChI is InChI=1S/C23H22N2O4S2/c1-13-10-14(2)19(12-31-21-17(23(28)29)7-5-9-25-21)15(3)18(13)11-30-20-16(22(26)27)6-4-8-24-20/h4-10H,11-12H2,1-3H3,(H,26,27)(H,28,29). The van der Waals surface area contributed by atoms with Gasteiger partial charge in [0, 0.05) is 23.9 Å². The van der Waals surface area contributed by atoms with Crippen molar-refractivity contribution in [1.29, 1.82) is 0 Å². The molecule has 31 heavy (non-hydrogen) atoms. The number of rotatable bonds is 8. The van der Waals surface area contributed by atoms with Gasteiger partial charge in [-0.3, -0.25) is 0 Å². The summed E-state index contributed by atoms with van der Waals surface area (Å²) in [6, 6.07) is 8.47. The molecule has 0 atom stereocenters. The third-order valence-electron chi connectivity index (χ3n) is 5.00. The van der Waals surface area contributed by atoms with Crippen molar-refractivity contribution in [3.05, 3.63) is 81.7 Å². The van der Waals surface area contributed by atoms with Crippen LogP contribution in [-0.2, 0) is 11.5 Å². The number of hydrogen-bond acceptors (Lipinski definition) is 6. The highest BCUT2D eigenvalue weighted by Gasteiger charge is 2.17. The quantitative estimate of drug-likeness (QED) is 0.437. The van der Waals surface area contributed by atoms with Crippen LogP contribution in [0.4, 0.5) is 0 Å². The van der Waals surface area contributed by atoms with Crippen molar-refractivity contribution in [2.45, 2.75) is 42.3 Å². The van der Waals surface area contributed by atoms with Gasteiger partial charge in [0.1, 0.15) is 10.1 Å². The van der Waals surface area contributed by atoms with Gasteiger partial charge in [-0.1, -0.05) is 6.07 Å². The molecule has 0 aliphatic rings. The van der Waals surface area contributed by atoms with E-state index in [0.717, 1.165) is 27.8 Å². The largest absolute Gasteiger partial charge is 0.478 e. The Kier molecular flexibility index (Phi) is 7.35. The summed E-state index contributed by atoms with van der Waals surface area (Å²) < 4.78 is 0. The summed E-state index contributed by atoms with van der Waals surface area (Å²) in [6.45, 7) is 6.15. The van der Waals surface area contributed by atoms with Gasteiger partial charge in [-0.05, 0) is 72.9 Å². The second kappa shape index (κ2) is 9.98. The van der Waals surface area contributed by atoms with Gasteiger partial charge in [0.15, 0.2) is 0 Å². The topological polar surface area (TPSA) is 100 Å². The van der Waals surface area contributed by atoms with Gasteiger partial charge < -0.3 is 10.2 Å². The highest BCUT2D eigenvalue weighted by atomic mass is 32.2. The Balaban J connectivity index is 1.85. The van der Waals surface area contributed by atoms with Crippen LogP contribution in [0.1, 0.15) is 48.5 Å². The molecule has 0 unspecified atom stereocenters. The van der Waals surface area contributed by atoms with E-state index in [1.54, 1.807) is 36.7 Å². The second-order valence-corrected chi connectivity index (χ2v) is 8.92. The highest BCUT2D eigenvalue weighted by Crippen LogP contribution is 2.33. The molecule has 2 heterocycles. The zero-order valence-corrected chi connectivity index (χ0v) is 19.0. The molecule has 0 amide bonds. The predicted molar refractivity (Wildman–Crippen MR) is 122 cm³/mol. The number of carbonyl (C=O) groups is 2. The number of benzene rings is 1. The Morgan fingerprint density at radius 3 is 1.61 bits per heavy atom. The van der Waals surface area contributed by atoms with Crippen LogP contribution in [0.15, 0.2) is 52.8 Å². The van der Waals surface area contributed by atoms with E-state index in [2.05, 4.69) is 23.0 Å². The first kappa shape index (κ1) is 22.8. The summed E-state index contributed by atoms with van der Waals surface area (Å²) in [7, 11) is 0. The van der Waals surface area contributed by atoms with Crippen molar-refractivity contribution in [1.82, 2.24) is 9.97 Å². The van der Waals surface area contributed by atoms with Gasteiger partial charge in [-0.15, -0.1) is 23.5 Å². The average Bonchev–Trinajstić information content (AvgIpc) is 2.73. The molecule has 0 aliphatic heterocycles. The number of hydrogen-bond donors (Lipinski definition) is 2. The number of aromatic carboxylic acids is 2. The molecule has 8 heteroatoms. The van der Waals surface area contributed by atoms with Gasteiger partial charge in [0.2, 0.25) is 0 Å². The van der Waals surface area contributed by atoms with E-state index in [-0.39, 0.29) is 11.1 Å². The first-order chi connectivity index (χ1) is 14.8. The summed E-state index contributed by atoms with van der Waals surface area (Å²) in [6.07, 6.45) is 3.19. The molecule has 0 saturated heterocycles. The van der Waals surface area contributed by atoms with E-state index >= 15 is 0 Å². The number of pyridine rings is 2. The molecule has 2 aromatic heterocycles. The number of nitrogens with zero attached hydrogens (tertiary/aromatic N) is 2. The molecule has 0 aliphatic carbocycles. The smallest absolute Gasteiger partial charge is 0.338 e. The van der Waals surface area contributed by atoms with Gasteiger partial charge in [-0.25, -0.2) is 19.6 Å². The molecule has 160 valence electrons. The lowest BCUT2D eigenvalue weighted by Gasteiger charge is -2.17. The summed E-state index contributed by atoms with van der Waals surface area (Å²) in [5.41, 5.74) is 6.05. The van der Waals surface area contributed by atoms with Crippen LogP contribution in [0.3, 0.4) is 0 Å². The fourth-order valence-electron chi connectivity index (χ4n) is 3.34. The number of aryl methyl sites for hydroxylation is 2. The van der Waals surface area contributed by atoms with Crippen LogP contribution in [0.5, 0.6) is 0 Å². The monoisotopic (exact) mass is 454 g/mol. The van der Waals surface area contributed by atoms with Crippen LogP contribution in [0, 0.1) is 20.8 Å². The first-order valence-corrected chi connectivity index (χ1v) is 11.5. The van der Waals surface area contributed by atoms with Crippen LogP contribution in [-0.4, -0.2) is 32.1 Å². The van der Waals surface area contributed by atoms with E-state index in [1.807, 2.05) is 13.8 Å². The van der Waals surface area contributed by atoms with Crippen molar-refractivity contribution in [3.8, 4) is 0 Å². The van der Waals surface area contributed by atoms with Crippen LogP contribution >= 0.6 is 23.5 Å². The first-order valence-electron chi connectivity index (χ1n) is 9.50. The molecule has 3 aromatic rings. The minimum Gasteiger partial charge on any atom is -0.478 e. The fraction of sp³-hybridized carbons (Fsp3) is 0.217. The van der Waals surface area contributed by atoms with Crippen LogP contribution in [0.2, 0.25) is 0 Å². The summed E-state index contributed by atoms with van der Waals surface area (Å²) in [5, 5.41) is 19.8. The Morgan fingerprint density at radius 1 is 0.806 bits per heavy atom. The van der Waals surface area contributed by atoms with Gasteiger partial charge in [-0.2, -0.15) is 0 Å². The maximum Gasteiger partial charge on any atom is 0.338 e. The summed E-state index contributed by atoms with van der Waals surface area (Å²) in [5.74, 6) is -0.794. The molecule has 0 bridgehead atoms.